The van der Waals surface area contributed by atoms with Crippen LogP contribution in [0.5, 0.6) is 0 Å². The Labute approximate surface area is 199 Å². The van der Waals surface area contributed by atoms with E-state index in [0.29, 0.717) is 36.5 Å². The van der Waals surface area contributed by atoms with Crippen LogP contribution in [0.2, 0.25) is 0 Å². The molecule has 0 spiro atoms. The molecule has 2 aliphatic heterocycles. The van der Waals surface area contributed by atoms with E-state index >= 15 is 0 Å². The largest absolute Gasteiger partial charge is 0.416 e. The van der Waals surface area contributed by atoms with Crippen LogP contribution in [0.15, 0.2) is 61.1 Å². The number of likely N-dealkylation sites (tertiary alicyclic amines) is 2. The van der Waals surface area contributed by atoms with Gasteiger partial charge >= 0.3 is 12.2 Å². The summed E-state index contributed by atoms with van der Waals surface area (Å²) in [7, 11) is 0. The standard InChI is InChI=1S/C25H24F4N4O2/c26-20-2-1-3-21(9-20)33-14-23(30-15-33)18-8-17(16-4-6-19(7-5-16)25(27,28)29)10-31(11-18)24(35)32-12-22(34)13-32/h1-7,9,14-15,17-18,22,34H,8,10-13H2. The zero-order chi connectivity index (χ0) is 24.7. The third-order valence-corrected chi connectivity index (χ3v) is 6.69. The molecule has 0 saturated carbocycles. The molecular weight excluding hydrogens is 464 g/mol. The number of piperidine rings is 1. The van der Waals surface area contributed by atoms with Gasteiger partial charge in [0.15, 0.2) is 0 Å². The molecule has 2 unspecified atom stereocenters. The molecule has 0 radical (unpaired) electrons. The predicted octanol–water partition coefficient (Wildman–Crippen LogP) is 4.40. The van der Waals surface area contributed by atoms with E-state index in [1.54, 1.807) is 39.0 Å². The lowest BCUT2D eigenvalue weighted by molar-refractivity contribution is -0.137. The Morgan fingerprint density at radius 2 is 1.66 bits per heavy atom. The maximum atomic E-state index is 13.7. The maximum Gasteiger partial charge on any atom is 0.416 e. The van der Waals surface area contributed by atoms with Gasteiger partial charge in [-0.05, 0) is 42.3 Å². The predicted molar refractivity (Wildman–Crippen MR) is 120 cm³/mol. The van der Waals surface area contributed by atoms with E-state index in [2.05, 4.69) is 4.98 Å². The molecule has 5 rings (SSSR count). The zero-order valence-electron chi connectivity index (χ0n) is 18.7. The number of aliphatic hydroxyl groups is 1. The van der Waals surface area contributed by atoms with Gasteiger partial charge in [0.25, 0.3) is 0 Å². The molecule has 1 aromatic heterocycles. The van der Waals surface area contributed by atoms with Crippen molar-refractivity contribution in [2.24, 2.45) is 0 Å². The highest BCUT2D eigenvalue weighted by atomic mass is 19.4. The first-order chi connectivity index (χ1) is 16.7. The summed E-state index contributed by atoms with van der Waals surface area (Å²) >= 11 is 0. The molecule has 2 aliphatic rings. The fraction of sp³-hybridized carbons (Fsp3) is 0.360. The molecule has 184 valence electrons. The van der Waals surface area contributed by atoms with E-state index in [1.165, 1.54) is 24.3 Å². The lowest BCUT2D eigenvalue weighted by atomic mass is 9.83. The van der Waals surface area contributed by atoms with Crippen molar-refractivity contribution in [2.75, 3.05) is 26.2 Å². The van der Waals surface area contributed by atoms with E-state index in [4.69, 9.17) is 0 Å². The van der Waals surface area contributed by atoms with E-state index in [-0.39, 0.29) is 36.8 Å². The van der Waals surface area contributed by atoms with Crippen LogP contribution in [0.4, 0.5) is 22.4 Å². The van der Waals surface area contributed by atoms with Crippen molar-refractivity contribution >= 4 is 6.03 Å². The third-order valence-electron chi connectivity index (χ3n) is 6.69. The Hall–Kier alpha value is -3.40. The van der Waals surface area contributed by atoms with Gasteiger partial charge in [-0.2, -0.15) is 13.2 Å². The van der Waals surface area contributed by atoms with Crippen molar-refractivity contribution < 1.29 is 27.5 Å². The van der Waals surface area contributed by atoms with Crippen LogP contribution in [-0.2, 0) is 6.18 Å². The molecular formula is C25H24F4N4O2. The quantitative estimate of drug-likeness (QED) is 0.556. The first-order valence-electron chi connectivity index (χ1n) is 11.4. The lowest BCUT2D eigenvalue weighted by Gasteiger charge is -2.43. The van der Waals surface area contributed by atoms with Gasteiger partial charge in [-0.25, -0.2) is 14.2 Å². The second-order valence-corrected chi connectivity index (χ2v) is 9.18. The van der Waals surface area contributed by atoms with Gasteiger partial charge in [0, 0.05) is 36.8 Å². The second-order valence-electron chi connectivity index (χ2n) is 9.18. The normalized spacial score (nSPS) is 21.2. The van der Waals surface area contributed by atoms with Crippen LogP contribution >= 0.6 is 0 Å². The SMILES string of the molecule is O=C(N1CC(O)C1)N1CC(c2ccc(C(F)(F)F)cc2)CC(c2cn(-c3cccc(F)c3)cn2)C1. The van der Waals surface area contributed by atoms with Crippen LogP contribution in [-0.4, -0.2) is 62.8 Å². The third kappa shape index (κ3) is 4.88. The average molecular weight is 488 g/mol. The summed E-state index contributed by atoms with van der Waals surface area (Å²) in [5.74, 6) is -0.724. The number of carbonyl (C=O) groups is 1. The van der Waals surface area contributed by atoms with E-state index in [0.717, 1.165) is 12.1 Å². The van der Waals surface area contributed by atoms with Gasteiger partial charge in [-0.3, -0.25) is 0 Å². The van der Waals surface area contributed by atoms with Crippen LogP contribution in [0.25, 0.3) is 5.69 Å². The van der Waals surface area contributed by atoms with Gasteiger partial charge < -0.3 is 19.5 Å². The zero-order valence-corrected chi connectivity index (χ0v) is 18.7. The summed E-state index contributed by atoms with van der Waals surface area (Å²) in [5, 5.41) is 9.60. The Kier molecular flexibility index (Phi) is 6.00. The summed E-state index contributed by atoms with van der Waals surface area (Å²) in [6.45, 7) is 1.28. The minimum absolute atomic E-state index is 0.166. The Morgan fingerprint density at radius 3 is 2.31 bits per heavy atom. The van der Waals surface area contributed by atoms with Crippen LogP contribution in [0.3, 0.4) is 0 Å². The Bertz CT molecular complexity index is 1200. The number of aromatic nitrogens is 2. The number of aliphatic hydroxyl groups excluding tert-OH is 1. The summed E-state index contributed by atoms with van der Waals surface area (Å²) < 4.78 is 54.5. The monoisotopic (exact) mass is 488 g/mol. The molecule has 1 N–H and O–H groups in total. The van der Waals surface area contributed by atoms with E-state index < -0.39 is 17.8 Å². The number of carbonyl (C=O) groups excluding carboxylic acids is 1. The number of halogens is 4. The van der Waals surface area contributed by atoms with Crippen molar-refractivity contribution in [3.8, 4) is 5.69 Å². The number of hydrogen-bond donors (Lipinski definition) is 1. The van der Waals surface area contributed by atoms with Gasteiger partial charge in [0.1, 0.15) is 5.82 Å². The highest BCUT2D eigenvalue weighted by molar-refractivity contribution is 5.75. The summed E-state index contributed by atoms with van der Waals surface area (Å²) in [4.78, 5) is 20.8. The first kappa shape index (κ1) is 23.3. The van der Waals surface area contributed by atoms with Gasteiger partial charge in [0.2, 0.25) is 0 Å². The number of amides is 2. The van der Waals surface area contributed by atoms with E-state index in [1.807, 2.05) is 0 Å². The molecule has 0 bridgehead atoms. The minimum Gasteiger partial charge on any atom is -0.389 e. The molecule has 0 aliphatic carbocycles. The Balaban J connectivity index is 1.41. The molecule has 2 saturated heterocycles. The number of alkyl halides is 3. The summed E-state index contributed by atoms with van der Waals surface area (Å²) in [6.07, 6.45) is -0.975. The molecule has 2 fully saturated rings. The van der Waals surface area contributed by atoms with Crippen LogP contribution in [0.1, 0.15) is 35.1 Å². The highest BCUT2D eigenvalue weighted by Crippen LogP contribution is 2.37. The number of benzene rings is 2. The topological polar surface area (TPSA) is 61.6 Å². The van der Waals surface area contributed by atoms with Crippen molar-refractivity contribution in [3.63, 3.8) is 0 Å². The number of rotatable bonds is 3. The molecule has 3 aromatic rings. The Morgan fingerprint density at radius 1 is 0.971 bits per heavy atom. The number of nitrogens with zero attached hydrogens (tertiary/aromatic N) is 4. The molecule has 35 heavy (non-hydrogen) atoms. The molecule has 2 atom stereocenters. The van der Waals surface area contributed by atoms with Crippen molar-refractivity contribution in [1.29, 1.82) is 0 Å². The summed E-state index contributed by atoms with van der Waals surface area (Å²) in [6, 6.07) is 11.0. The maximum absolute atomic E-state index is 13.7. The van der Waals surface area contributed by atoms with Crippen molar-refractivity contribution in [2.45, 2.75) is 30.5 Å². The van der Waals surface area contributed by atoms with Gasteiger partial charge in [-0.1, -0.05) is 18.2 Å². The molecule has 10 heteroatoms. The first-order valence-corrected chi connectivity index (χ1v) is 11.4. The molecule has 2 amide bonds. The van der Waals surface area contributed by atoms with Crippen LogP contribution < -0.4 is 0 Å². The number of hydrogen-bond acceptors (Lipinski definition) is 3. The fourth-order valence-electron chi connectivity index (χ4n) is 4.79. The molecule has 2 aromatic carbocycles. The second kappa shape index (κ2) is 8.99. The smallest absolute Gasteiger partial charge is 0.389 e. The lowest BCUT2D eigenvalue weighted by Crippen LogP contribution is -2.59. The van der Waals surface area contributed by atoms with Gasteiger partial charge in [-0.15, -0.1) is 0 Å². The molecule has 6 nitrogen and oxygen atoms in total. The van der Waals surface area contributed by atoms with Crippen molar-refractivity contribution in [3.05, 3.63) is 83.7 Å². The average Bonchev–Trinajstić information content (AvgIpc) is 3.31. The van der Waals surface area contributed by atoms with Gasteiger partial charge in [0.05, 0.1) is 36.8 Å². The number of β-amino-alcohol motifs (C(OH)–C–C–N with tert-alkyl or cyclic N) is 1. The fourth-order valence-corrected chi connectivity index (χ4v) is 4.79. The van der Waals surface area contributed by atoms with Crippen LogP contribution in [0, 0.1) is 5.82 Å². The number of urea groups is 1. The van der Waals surface area contributed by atoms with E-state index in [9.17, 15) is 27.5 Å². The van der Waals surface area contributed by atoms with Crippen molar-refractivity contribution in [1.82, 2.24) is 19.4 Å². The number of imidazole rings is 1. The summed E-state index contributed by atoms with van der Waals surface area (Å²) in [5.41, 5.74) is 1.33. The minimum atomic E-state index is -4.42. The molecule has 3 heterocycles. The highest BCUT2D eigenvalue weighted by Gasteiger charge is 2.38.